The zero-order valence-corrected chi connectivity index (χ0v) is 20.9. The number of carbonyl (C=O) groups excluding carboxylic acids is 3. The van der Waals surface area contributed by atoms with Gasteiger partial charge in [0.25, 0.3) is 0 Å². The van der Waals surface area contributed by atoms with Crippen molar-refractivity contribution in [1.82, 2.24) is 24.4 Å². The van der Waals surface area contributed by atoms with Crippen LogP contribution in [-0.2, 0) is 22.6 Å². The molecule has 4 aromatic rings. The van der Waals surface area contributed by atoms with Crippen molar-refractivity contribution in [1.29, 1.82) is 0 Å². The lowest BCUT2D eigenvalue weighted by atomic mass is 10.0. The Morgan fingerprint density at radius 3 is 2.55 bits per heavy atom. The lowest BCUT2D eigenvalue weighted by Crippen LogP contribution is -2.42. The molecule has 0 unspecified atom stereocenters. The van der Waals surface area contributed by atoms with E-state index in [4.69, 9.17) is 0 Å². The average Bonchev–Trinajstić information content (AvgIpc) is 3.49. The SMILES string of the molecule is CC(=O)c1cn(CC(=O)N2C[C@H](F)C[C@H]2C(=O)CCc2ccncc2)c2ccc(Nc3cncnc3)cc12. The average molecular weight is 515 g/mol. The molecule has 3 aromatic heterocycles. The first-order valence-corrected chi connectivity index (χ1v) is 12.4. The summed E-state index contributed by atoms with van der Waals surface area (Å²) in [6.45, 7) is 1.25. The van der Waals surface area contributed by atoms with Crippen LogP contribution in [-0.4, -0.2) is 60.7 Å². The highest BCUT2D eigenvalue weighted by atomic mass is 19.1. The standard InChI is InChI=1S/C28H27FN6O3/c1-18(36)24-15-34(25-4-3-21(11-23(24)25)33-22-12-31-17-32-13-22)16-28(38)35-14-20(29)10-26(35)27(37)5-2-19-6-8-30-9-7-19/h3-4,6-9,11-13,15,17,20,26,33H,2,5,10,14,16H2,1H3/t20-,26+/m1/s1. The number of aryl methyl sites for hydroxylation is 1. The Morgan fingerprint density at radius 1 is 1.05 bits per heavy atom. The smallest absolute Gasteiger partial charge is 0.243 e. The second-order valence-electron chi connectivity index (χ2n) is 9.43. The Labute approximate surface area is 218 Å². The topological polar surface area (TPSA) is 110 Å². The molecule has 1 fully saturated rings. The van der Waals surface area contributed by atoms with Gasteiger partial charge in [-0.1, -0.05) is 0 Å². The Hall–Kier alpha value is -4.47. The third-order valence-corrected chi connectivity index (χ3v) is 6.77. The van der Waals surface area contributed by atoms with E-state index in [1.807, 2.05) is 30.3 Å². The van der Waals surface area contributed by atoms with Crippen molar-refractivity contribution in [3.8, 4) is 0 Å². The number of nitrogens with zero attached hydrogens (tertiary/aromatic N) is 5. The molecule has 1 N–H and O–H groups in total. The van der Waals surface area contributed by atoms with E-state index in [-0.39, 0.29) is 43.4 Å². The summed E-state index contributed by atoms with van der Waals surface area (Å²) in [4.78, 5) is 52.0. The molecule has 0 spiro atoms. The number of ketones is 2. The highest BCUT2D eigenvalue weighted by molar-refractivity contribution is 6.08. The van der Waals surface area contributed by atoms with Crippen LogP contribution in [0.25, 0.3) is 10.9 Å². The van der Waals surface area contributed by atoms with Gasteiger partial charge in [0.15, 0.2) is 11.6 Å². The van der Waals surface area contributed by atoms with Crippen LogP contribution in [0.1, 0.15) is 35.7 Å². The van der Waals surface area contributed by atoms with E-state index in [0.29, 0.717) is 28.6 Å². The maximum atomic E-state index is 14.4. The van der Waals surface area contributed by atoms with Crippen LogP contribution in [0.4, 0.5) is 15.8 Å². The highest BCUT2D eigenvalue weighted by Crippen LogP contribution is 2.28. The molecule has 2 atom stereocenters. The molecule has 0 bridgehead atoms. The summed E-state index contributed by atoms with van der Waals surface area (Å²) in [5, 5.41) is 3.88. The van der Waals surface area contributed by atoms with Gasteiger partial charge < -0.3 is 14.8 Å². The molecule has 1 aromatic carbocycles. The fraction of sp³-hybridized carbons (Fsp3) is 0.286. The first-order valence-electron chi connectivity index (χ1n) is 12.4. The molecule has 0 aliphatic carbocycles. The van der Waals surface area contributed by atoms with Crippen molar-refractivity contribution in [3.05, 3.63) is 78.8 Å². The van der Waals surface area contributed by atoms with Crippen LogP contribution in [0, 0.1) is 0 Å². The number of Topliss-reactive ketones (excluding diaryl/α,β-unsaturated/α-hetero) is 2. The number of pyridine rings is 1. The van der Waals surface area contributed by atoms with Gasteiger partial charge in [0.1, 0.15) is 19.0 Å². The highest BCUT2D eigenvalue weighted by Gasteiger charge is 2.39. The van der Waals surface area contributed by atoms with Crippen molar-refractivity contribution >= 4 is 39.8 Å². The van der Waals surface area contributed by atoms with Gasteiger partial charge in [0.2, 0.25) is 5.91 Å². The molecule has 1 amide bonds. The van der Waals surface area contributed by atoms with Gasteiger partial charge in [-0.15, -0.1) is 0 Å². The van der Waals surface area contributed by atoms with Gasteiger partial charge in [0.05, 0.1) is 30.7 Å². The second-order valence-corrected chi connectivity index (χ2v) is 9.43. The zero-order chi connectivity index (χ0) is 26.6. The lowest BCUT2D eigenvalue weighted by molar-refractivity contribution is -0.138. The van der Waals surface area contributed by atoms with Gasteiger partial charge in [-0.05, 0) is 49.2 Å². The van der Waals surface area contributed by atoms with Crippen molar-refractivity contribution in [2.24, 2.45) is 0 Å². The van der Waals surface area contributed by atoms with E-state index in [0.717, 1.165) is 11.3 Å². The summed E-state index contributed by atoms with van der Waals surface area (Å²) in [6, 6.07) is 8.36. The quantitative estimate of drug-likeness (QED) is 0.337. The van der Waals surface area contributed by atoms with Gasteiger partial charge in [-0.3, -0.25) is 19.4 Å². The molecule has 194 valence electrons. The van der Waals surface area contributed by atoms with Crippen molar-refractivity contribution in [2.75, 3.05) is 11.9 Å². The van der Waals surface area contributed by atoms with Crippen molar-refractivity contribution in [2.45, 2.75) is 44.9 Å². The largest absolute Gasteiger partial charge is 0.353 e. The molecule has 0 radical (unpaired) electrons. The summed E-state index contributed by atoms with van der Waals surface area (Å²) in [6.07, 6.45) is 9.15. The van der Waals surface area contributed by atoms with E-state index < -0.39 is 12.2 Å². The number of rotatable bonds is 9. The zero-order valence-electron chi connectivity index (χ0n) is 20.9. The van der Waals surface area contributed by atoms with Gasteiger partial charge in [0, 0.05) is 53.6 Å². The summed E-state index contributed by atoms with van der Waals surface area (Å²) in [5.41, 5.74) is 3.55. The lowest BCUT2D eigenvalue weighted by Gasteiger charge is -2.24. The Balaban J connectivity index is 1.34. The minimum absolute atomic E-state index is 0.00424. The summed E-state index contributed by atoms with van der Waals surface area (Å²) in [5.74, 6) is -0.656. The molecule has 0 saturated carbocycles. The molecule has 4 heterocycles. The van der Waals surface area contributed by atoms with Gasteiger partial charge in [-0.25, -0.2) is 14.4 Å². The number of amides is 1. The number of aromatic nitrogens is 4. The molecule has 38 heavy (non-hydrogen) atoms. The number of benzene rings is 1. The number of fused-ring (bicyclic) bond motifs is 1. The Kier molecular flexibility index (Phi) is 7.21. The van der Waals surface area contributed by atoms with Crippen LogP contribution < -0.4 is 5.32 Å². The number of hydrogen-bond donors (Lipinski definition) is 1. The summed E-state index contributed by atoms with van der Waals surface area (Å²) < 4.78 is 16.1. The van der Waals surface area contributed by atoms with E-state index >= 15 is 0 Å². The van der Waals surface area contributed by atoms with E-state index in [2.05, 4.69) is 20.3 Å². The normalized spacial score (nSPS) is 17.1. The third kappa shape index (κ3) is 5.44. The molecule has 5 rings (SSSR count). The number of halogens is 1. The van der Waals surface area contributed by atoms with Crippen molar-refractivity contribution < 1.29 is 18.8 Å². The van der Waals surface area contributed by atoms with Gasteiger partial charge >= 0.3 is 0 Å². The molecule has 1 saturated heterocycles. The molecule has 1 aliphatic heterocycles. The van der Waals surface area contributed by atoms with E-state index in [9.17, 15) is 18.8 Å². The number of hydrogen-bond acceptors (Lipinski definition) is 7. The predicted octanol–water partition coefficient (Wildman–Crippen LogP) is 3.91. The van der Waals surface area contributed by atoms with Crippen LogP contribution in [0.5, 0.6) is 0 Å². The van der Waals surface area contributed by atoms with E-state index in [1.54, 1.807) is 35.6 Å². The fourth-order valence-corrected chi connectivity index (χ4v) is 4.90. The van der Waals surface area contributed by atoms with Crippen LogP contribution in [0.3, 0.4) is 0 Å². The number of anilines is 2. The number of alkyl halides is 1. The number of likely N-dealkylation sites (tertiary alicyclic amines) is 1. The van der Waals surface area contributed by atoms with Crippen LogP contribution in [0.15, 0.2) is 67.6 Å². The maximum absolute atomic E-state index is 14.4. The molecule has 1 aliphatic rings. The van der Waals surface area contributed by atoms with Crippen molar-refractivity contribution in [3.63, 3.8) is 0 Å². The molecular weight excluding hydrogens is 487 g/mol. The third-order valence-electron chi connectivity index (χ3n) is 6.77. The Morgan fingerprint density at radius 2 is 1.82 bits per heavy atom. The van der Waals surface area contributed by atoms with Gasteiger partial charge in [-0.2, -0.15) is 0 Å². The monoisotopic (exact) mass is 514 g/mol. The minimum atomic E-state index is -1.25. The molecule has 9 nitrogen and oxygen atoms in total. The summed E-state index contributed by atoms with van der Waals surface area (Å²) >= 11 is 0. The minimum Gasteiger partial charge on any atom is -0.353 e. The maximum Gasteiger partial charge on any atom is 0.243 e. The fourth-order valence-electron chi connectivity index (χ4n) is 4.90. The molecular formula is C28H27FN6O3. The number of carbonyl (C=O) groups is 3. The van der Waals surface area contributed by atoms with E-state index in [1.165, 1.54) is 18.2 Å². The second kappa shape index (κ2) is 10.9. The predicted molar refractivity (Wildman–Crippen MR) is 140 cm³/mol. The Bertz CT molecular complexity index is 1470. The summed E-state index contributed by atoms with van der Waals surface area (Å²) in [7, 11) is 0. The first-order chi connectivity index (χ1) is 18.4. The number of nitrogens with one attached hydrogen (secondary N) is 1. The molecule has 10 heteroatoms. The first kappa shape index (κ1) is 25.2. The van der Waals surface area contributed by atoms with Crippen LogP contribution >= 0.6 is 0 Å². The van der Waals surface area contributed by atoms with Crippen LogP contribution in [0.2, 0.25) is 0 Å².